The van der Waals surface area contributed by atoms with Crippen LogP contribution in [0.4, 0.5) is 5.13 Å². The standard InChI is InChI=1S/C7H10N2O2S.ClH/c1-11-6(10)3-2-5-4-9-7(8)12-5;/h4H,2-3H2,1H3,(H2,8,9);1H. The lowest BCUT2D eigenvalue weighted by molar-refractivity contribution is -0.140. The van der Waals surface area contributed by atoms with Crippen LogP contribution in [-0.2, 0) is 16.0 Å². The van der Waals surface area contributed by atoms with Crippen molar-refractivity contribution in [2.75, 3.05) is 12.8 Å². The van der Waals surface area contributed by atoms with Gasteiger partial charge in [0.2, 0.25) is 0 Å². The van der Waals surface area contributed by atoms with Gasteiger partial charge in [-0.25, -0.2) is 4.98 Å². The Balaban J connectivity index is 0.00000144. The van der Waals surface area contributed by atoms with Gasteiger partial charge in [-0.15, -0.1) is 23.7 Å². The van der Waals surface area contributed by atoms with Gasteiger partial charge in [-0.3, -0.25) is 4.79 Å². The van der Waals surface area contributed by atoms with Crippen LogP contribution in [0.15, 0.2) is 6.20 Å². The number of nitrogens with two attached hydrogens (primary N) is 1. The minimum Gasteiger partial charge on any atom is -0.469 e. The van der Waals surface area contributed by atoms with Crippen LogP contribution >= 0.6 is 23.7 Å². The number of ether oxygens (including phenoxy) is 1. The highest BCUT2D eigenvalue weighted by Gasteiger charge is 2.03. The number of aromatic nitrogens is 1. The highest BCUT2D eigenvalue weighted by Crippen LogP contribution is 2.15. The summed E-state index contributed by atoms with van der Waals surface area (Å²) in [7, 11) is 1.38. The van der Waals surface area contributed by atoms with Crippen LogP contribution in [0.25, 0.3) is 0 Å². The molecule has 1 aromatic rings. The number of aryl methyl sites for hydroxylation is 1. The molecule has 0 bridgehead atoms. The van der Waals surface area contributed by atoms with E-state index in [0.29, 0.717) is 18.0 Å². The smallest absolute Gasteiger partial charge is 0.305 e. The molecule has 13 heavy (non-hydrogen) atoms. The zero-order valence-corrected chi connectivity index (χ0v) is 8.78. The van der Waals surface area contributed by atoms with Gasteiger partial charge in [0, 0.05) is 11.1 Å². The second-order valence-corrected chi connectivity index (χ2v) is 3.39. The van der Waals surface area contributed by atoms with Crippen LogP contribution in [0.1, 0.15) is 11.3 Å². The Hall–Kier alpha value is -0.810. The van der Waals surface area contributed by atoms with Crippen molar-refractivity contribution < 1.29 is 9.53 Å². The molecule has 0 amide bonds. The van der Waals surface area contributed by atoms with Crippen LogP contribution in [0.5, 0.6) is 0 Å². The summed E-state index contributed by atoms with van der Waals surface area (Å²) < 4.78 is 4.49. The summed E-state index contributed by atoms with van der Waals surface area (Å²) in [6.07, 6.45) is 2.72. The maximum atomic E-state index is 10.7. The molecule has 0 radical (unpaired) electrons. The third kappa shape index (κ3) is 4.10. The molecule has 0 saturated heterocycles. The molecule has 0 aliphatic rings. The lowest BCUT2D eigenvalue weighted by Crippen LogP contribution is -2.00. The molecule has 2 N–H and O–H groups in total. The maximum Gasteiger partial charge on any atom is 0.305 e. The molecule has 0 atom stereocenters. The Labute approximate surface area is 86.5 Å². The van der Waals surface area contributed by atoms with Crippen LogP contribution < -0.4 is 5.73 Å². The van der Waals surface area contributed by atoms with E-state index in [0.717, 1.165) is 4.88 Å². The van der Waals surface area contributed by atoms with E-state index >= 15 is 0 Å². The summed E-state index contributed by atoms with van der Waals surface area (Å²) in [4.78, 5) is 15.6. The molecule has 0 saturated carbocycles. The quantitative estimate of drug-likeness (QED) is 0.782. The number of rotatable bonds is 3. The lowest BCUT2D eigenvalue weighted by Gasteiger charge is -1.95. The minimum atomic E-state index is -0.207. The summed E-state index contributed by atoms with van der Waals surface area (Å²) >= 11 is 1.40. The molecule has 1 rings (SSSR count). The summed E-state index contributed by atoms with van der Waals surface area (Å²) in [5, 5.41) is 0.537. The number of nitrogens with zero attached hydrogens (tertiary/aromatic N) is 1. The molecular weight excluding hydrogens is 212 g/mol. The van der Waals surface area contributed by atoms with Crippen LogP contribution in [-0.4, -0.2) is 18.1 Å². The normalized spacial score (nSPS) is 9.00. The molecule has 4 nitrogen and oxygen atoms in total. The number of methoxy groups -OCH3 is 1. The zero-order valence-electron chi connectivity index (χ0n) is 7.15. The SMILES string of the molecule is COC(=O)CCc1cnc(N)s1.Cl. The van der Waals surface area contributed by atoms with E-state index in [1.807, 2.05) is 0 Å². The fourth-order valence-electron chi connectivity index (χ4n) is 0.766. The average Bonchev–Trinajstić information content (AvgIpc) is 2.47. The first-order valence-electron chi connectivity index (χ1n) is 3.49. The van der Waals surface area contributed by atoms with Crippen molar-refractivity contribution in [1.29, 1.82) is 0 Å². The molecule has 0 spiro atoms. The average molecular weight is 223 g/mol. The molecule has 1 heterocycles. The van der Waals surface area contributed by atoms with Crippen LogP contribution in [0, 0.1) is 0 Å². The Morgan fingerprint density at radius 2 is 2.46 bits per heavy atom. The molecular formula is C7H11ClN2O2S. The Bertz CT molecular complexity index is 277. The van der Waals surface area contributed by atoms with Gasteiger partial charge in [-0.2, -0.15) is 0 Å². The number of halogens is 1. The lowest BCUT2D eigenvalue weighted by atomic mass is 10.3. The van der Waals surface area contributed by atoms with Crippen molar-refractivity contribution in [3.05, 3.63) is 11.1 Å². The number of hydrogen-bond acceptors (Lipinski definition) is 5. The molecule has 0 aromatic carbocycles. The highest BCUT2D eigenvalue weighted by molar-refractivity contribution is 7.15. The van der Waals surface area contributed by atoms with Crippen LogP contribution in [0.2, 0.25) is 0 Å². The predicted molar refractivity (Wildman–Crippen MR) is 54.1 cm³/mol. The van der Waals surface area contributed by atoms with E-state index in [4.69, 9.17) is 5.73 Å². The van der Waals surface area contributed by atoms with Crippen molar-refractivity contribution in [2.24, 2.45) is 0 Å². The first-order chi connectivity index (χ1) is 5.72. The Morgan fingerprint density at radius 1 is 1.77 bits per heavy atom. The predicted octanol–water partition coefficient (Wildman–Crippen LogP) is 1.25. The van der Waals surface area contributed by atoms with E-state index in [2.05, 4.69) is 9.72 Å². The van der Waals surface area contributed by atoms with Gasteiger partial charge in [0.25, 0.3) is 0 Å². The van der Waals surface area contributed by atoms with E-state index in [-0.39, 0.29) is 18.4 Å². The number of carbonyl (C=O) groups is 1. The largest absolute Gasteiger partial charge is 0.469 e. The van der Waals surface area contributed by atoms with E-state index in [1.54, 1.807) is 6.20 Å². The molecule has 1 aromatic heterocycles. The fourth-order valence-corrected chi connectivity index (χ4v) is 1.45. The van der Waals surface area contributed by atoms with Crippen molar-refractivity contribution in [3.8, 4) is 0 Å². The summed E-state index contributed by atoms with van der Waals surface area (Å²) in [5.74, 6) is -0.207. The van der Waals surface area contributed by atoms with Gasteiger partial charge >= 0.3 is 5.97 Å². The first-order valence-corrected chi connectivity index (χ1v) is 4.31. The second kappa shape index (κ2) is 5.77. The Morgan fingerprint density at radius 3 is 2.92 bits per heavy atom. The van der Waals surface area contributed by atoms with Gasteiger partial charge in [0.05, 0.1) is 13.5 Å². The third-order valence-corrected chi connectivity index (χ3v) is 2.26. The van der Waals surface area contributed by atoms with Crippen molar-refractivity contribution in [2.45, 2.75) is 12.8 Å². The second-order valence-electron chi connectivity index (χ2n) is 2.24. The number of esters is 1. The Kier molecular flexibility index (Phi) is 5.41. The summed E-state index contributed by atoms with van der Waals surface area (Å²) in [6.45, 7) is 0. The van der Waals surface area contributed by atoms with E-state index in [9.17, 15) is 4.79 Å². The number of anilines is 1. The molecule has 0 unspecified atom stereocenters. The minimum absolute atomic E-state index is 0. The van der Waals surface area contributed by atoms with Gasteiger partial charge < -0.3 is 10.5 Å². The van der Waals surface area contributed by atoms with Gasteiger partial charge in [0.1, 0.15) is 0 Å². The zero-order chi connectivity index (χ0) is 8.97. The van der Waals surface area contributed by atoms with Gasteiger partial charge in [-0.05, 0) is 6.42 Å². The van der Waals surface area contributed by atoms with Crippen molar-refractivity contribution >= 4 is 34.8 Å². The fraction of sp³-hybridized carbons (Fsp3) is 0.429. The van der Waals surface area contributed by atoms with Crippen molar-refractivity contribution in [1.82, 2.24) is 4.98 Å². The van der Waals surface area contributed by atoms with E-state index < -0.39 is 0 Å². The molecule has 6 heteroatoms. The topological polar surface area (TPSA) is 65.2 Å². The summed E-state index contributed by atoms with van der Waals surface area (Å²) in [5.41, 5.74) is 5.41. The van der Waals surface area contributed by atoms with E-state index in [1.165, 1.54) is 18.4 Å². The summed E-state index contributed by atoms with van der Waals surface area (Å²) in [6, 6.07) is 0. The van der Waals surface area contributed by atoms with Gasteiger partial charge in [-0.1, -0.05) is 0 Å². The van der Waals surface area contributed by atoms with Crippen molar-refractivity contribution in [3.63, 3.8) is 0 Å². The monoisotopic (exact) mass is 222 g/mol. The number of nitrogen functional groups attached to an aromatic ring is 1. The number of carbonyl (C=O) groups excluding carboxylic acids is 1. The van der Waals surface area contributed by atoms with Gasteiger partial charge in [0.15, 0.2) is 5.13 Å². The molecule has 0 aliphatic heterocycles. The molecule has 0 fully saturated rings. The first kappa shape index (κ1) is 12.2. The molecule has 0 aliphatic carbocycles. The third-order valence-electron chi connectivity index (χ3n) is 1.37. The van der Waals surface area contributed by atoms with Crippen LogP contribution in [0.3, 0.4) is 0 Å². The number of thiazole rings is 1. The highest BCUT2D eigenvalue weighted by atomic mass is 35.5. The maximum absolute atomic E-state index is 10.7. The number of hydrogen-bond donors (Lipinski definition) is 1. The molecule has 74 valence electrons.